The number of ether oxygens (including phenoxy) is 1. The van der Waals surface area contributed by atoms with Crippen LogP contribution < -0.4 is 0 Å². The molecule has 0 saturated carbocycles. The normalized spacial score (nSPS) is 18.7. The zero-order valence-corrected chi connectivity index (χ0v) is 13.9. The summed E-state index contributed by atoms with van der Waals surface area (Å²) >= 11 is 0. The Bertz CT molecular complexity index is 954. The van der Waals surface area contributed by atoms with E-state index in [2.05, 4.69) is 62.4 Å². The van der Waals surface area contributed by atoms with Gasteiger partial charge in [0.05, 0.1) is 5.71 Å². The van der Waals surface area contributed by atoms with Crippen molar-refractivity contribution in [2.45, 2.75) is 20.0 Å². The van der Waals surface area contributed by atoms with Gasteiger partial charge in [0.2, 0.25) is 5.88 Å². The predicted molar refractivity (Wildman–Crippen MR) is 100 cm³/mol. The predicted octanol–water partition coefficient (Wildman–Crippen LogP) is 5.35. The van der Waals surface area contributed by atoms with E-state index < -0.39 is 0 Å². The van der Waals surface area contributed by atoms with E-state index in [1.54, 1.807) is 0 Å². The number of hydrogen-bond donors (Lipinski definition) is 0. The molecule has 1 aliphatic heterocycles. The highest BCUT2D eigenvalue weighted by Crippen LogP contribution is 2.27. The minimum atomic E-state index is -0.0418. The first kappa shape index (κ1) is 14.7. The van der Waals surface area contributed by atoms with E-state index in [4.69, 9.17) is 9.73 Å². The monoisotopic (exact) mass is 313 g/mol. The van der Waals surface area contributed by atoms with Gasteiger partial charge in [-0.2, -0.15) is 0 Å². The van der Waals surface area contributed by atoms with Crippen molar-refractivity contribution in [1.29, 1.82) is 0 Å². The summed E-state index contributed by atoms with van der Waals surface area (Å²) in [6, 6.07) is 23.0. The summed E-state index contributed by atoms with van der Waals surface area (Å²) in [5.41, 5.74) is 4.49. The molecule has 118 valence electrons. The molecule has 3 aromatic rings. The molecule has 0 N–H and O–H groups in total. The maximum Gasteiger partial charge on any atom is 0.214 e. The Kier molecular flexibility index (Phi) is 3.66. The van der Waals surface area contributed by atoms with Gasteiger partial charge in [-0.05, 0) is 41.8 Å². The molecule has 1 heterocycles. The Morgan fingerprint density at radius 1 is 0.917 bits per heavy atom. The fraction of sp³-hybridized carbons (Fsp3) is 0.136. The number of hydrogen-bond acceptors (Lipinski definition) is 2. The molecule has 1 atom stereocenters. The van der Waals surface area contributed by atoms with Gasteiger partial charge in [0.1, 0.15) is 6.10 Å². The second kappa shape index (κ2) is 5.97. The molecule has 0 fully saturated rings. The quantitative estimate of drug-likeness (QED) is 0.624. The lowest BCUT2D eigenvalue weighted by Crippen LogP contribution is -2.16. The standard InChI is InChI=1S/C22H19NO/c1-15-12-18-10-6-7-11-19(18)14-20(15)22-16(2)24-21(23-22)13-17-8-4-3-5-9-17/h3-14,16H,1-2H3. The van der Waals surface area contributed by atoms with E-state index in [1.807, 2.05) is 24.3 Å². The van der Waals surface area contributed by atoms with Crippen LogP contribution in [0.3, 0.4) is 0 Å². The Labute approximate surface area is 142 Å². The van der Waals surface area contributed by atoms with Crippen molar-refractivity contribution in [3.05, 3.63) is 89.3 Å². The molecule has 0 aromatic heterocycles. The number of fused-ring (bicyclic) bond motifs is 1. The van der Waals surface area contributed by atoms with E-state index in [9.17, 15) is 0 Å². The van der Waals surface area contributed by atoms with Crippen LogP contribution in [0.25, 0.3) is 16.8 Å². The van der Waals surface area contributed by atoms with Gasteiger partial charge in [-0.15, -0.1) is 0 Å². The molecule has 1 unspecified atom stereocenters. The lowest BCUT2D eigenvalue weighted by atomic mass is 9.97. The maximum atomic E-state index is 5.96. The van der Waals surface area contributed by atoms with Crippen LogP contribution in [-0.2, 0) is 4.74 Å². The lowest BCUT2D eigenvalue weighted by molar-refractivity contribution is 0.205. The van der Waals surface area contributed by atoms with Gasteiger partial charge < -0.3 is 4.74 Å². The maximum absolute atomic E-state index is 5.96. The molecular weight excluding hydrogens is 294 g/mol. The van der Waals surface area contributed by atoms with Crippen molar-refractivity contribution in [3.63, 3.8) is 0 Å². The van der Waals surface area contributed by atoms with Gasteiger partial charge in [-0.25, -0.2) is 4.99 Å². The fourth-order valence-electron chi connectivity index (χ4n) is 3.14. The molecule has 0 bridgehead atoms. The van der Waals surface area contributed by atoms with Crippen LogP contribution in [0, 0.1) is 6.92 Å². The average Bonchev–Trinajstić information content (AvgIpc) is 2.95. The Balaban J connectivity index is 1.77. The smallest absolute Gasteiger partial charge is 0.214 e. The highest BCUT2D eigenvalue weighted by atomic mass is 16.5. The Morgan fingerprint density at radius 2 is 1.58 bits per heavy atom. The molecule has 1 aliphatic rings. The summed E-state index contributed by atoms with van der Waals surface area (Å²) in [4.78, 5) is 4.76. The van der Waals surface area contributed by atoms with Gasteiger partial charge in [0.15, 0.2) is 0 Å². The van der Waals surface area contributed by atoms with Crippen molar-refractivity contribution >= 4 is 22.6 Å². The van der Waals surface area contributed by atoms with Crippen LogP contribution in [0.2, 0.25) is 0 Å². The van der Waals surface area contributed by atoms with Crippen LogP contribution in [0.15, 0.2) is 77.6 Å². The van der Waals surface area contributed by atoms with Crippen LogP contribution in [0.5, 0.6) is 0 Å². The van der Waals surface area contributed by atoms with Gasteiger partial charge >= 0.3 is 0 Å². The Morgan fingerprint density at radius 3 is 2.33 bits per heavy atom. The third-order valence-corrected chi connectivity index (χ3v) is 4.37. The molecular formula is C22H19NO. The highest BCUT2D eigenvalue weighted by Gasteiger charge is 2.24. The van der Waals surface area contributed by atoms with E-state index in [-0.39, 0.29) is 6.10 Å². The summed E-state index contributed by atoms with van der Waals surface area (Å²) in [5.74, 6) is 0.677. The van der Waals surface area contributed by atoms with E-state index >= 15 is 0 Å². The zero-order chi connectivity index (χ0) is 16.5. The van der Waals surface area contributed by atoms with E-state index in [0.29, 0.717) is 5.88 Å². The number of aliphatic imine (C=N–C) groups is 1. The third-order valence-electron chi connectivity index (χ3n) is 4.37. The molecule has 4 rings (SSSR count). The van der Waals surface area contributed by atoms with E-state index in [0.717, 1.165) is 16.8 Å². The van der Waals surface area contributed by atoms with Crippen molar-refractivity contribution in [2.75, 3.05) is 0 Å². The largest absolute Gasteiger partial charge is 0.468 e. The van der Waals surface area contributed by atoms with Crippen molar-refractivity contribution in [3.8, 4) is 0 Å². The minimum Gasteiger partial charge on any atom is -0.468 e. The van der Waals surface area contributed by atoms with Crippen molar-refractivity contribution in [2.24, 2.45) is 4.99 Å². The molecule has 3 aromatic carbocycles. The van der Waals surface area contributed by atoms with E-state index in [1.165, 1.54) is 16.3 Å². The number of benzene rings is 3. The van der Waals surface area contributed by atoms with Gasteiger partial charge in [-0.3, -0.25) is 0 Å². The van der Waals surface area contributed by atoms with Gasteiger partial charge in [0.25, 0.3) is 0 Å². The summed E-state index contributed by atoms with van der Waals surface area (Å²) in [5, 5.41) is 2.49. The zero-order valence-electron chi connectivity index (χ0n) is 13.9. The first-order valence-electron chi connectivity index (χ1n) is 8.22. The molecule has 0 aliphatic carbocycles. The lowest BCUT2D eigenvalue weighted by Gasteiger charge is -2.11. The minimum absolute atomic E-state index is 0.0418. The van der Waals surface area contributed by atoms with Gasteiger partial charge in [-0.1, -0.05) is 60.7 Å². The highest BCUT2D eigenvalue weighted by molar-refractivity contribution is 6.08. The van der Waals surface area contributed by atoms with Crippen LogP contribution in [-0.4, -0.2) is 11.8 Å². The number of rotatable bonds is 2. The molecule has 0 saturated heterocycles. The van der Waals surface area contributed by atoms with Crippen LogP contribution in [0.1, 0.15) is 23.6 Å². The average molecular weight is 313 g/mol. The number of nitrogens with zero attached hydrogens (tertiary/aromatic N) is 1. The second-order valence-electron chi connectivity index (χ2n) is 6.16. The van der Waals surface area contributed by atoms with Crippen LogP contribution >= 0.6 is 0 Å². The van der Waals surface area contributed by atoms with Crippen LogP contribution in [0.4, 0.5) is 0 Å². The SMILES string of the molecule is Cc1cc2ccccc2cc1C1=NC(=Cc2ccccc2)OC1C. The third kappa shape index (κ3) is 2.71. The first-order valence-corrected chi connectivity index (χ1v) is 8.22. The number of aryl methyl sites for hydroxylation is 1. The van der Waals surface area contributed by atoms with Gasteiger partial charge in [0, 0.05) is 11.6 Å². The molecule has 0 radical (unpaired) electrons. The summed E-state index contributed by atoms with van der Waals surface area (Å²) in [7, 11) is 0. The second-order valence-corrected chi connectivity index (χ2v) is 6.16. The molecule has 24 heavy (non-hydrogen) atoms. The molecule has 0 spiro atoms. The Hall–Kier alpha value is -2.87. The molecule has 2 nitrogen and oxygen atoms in total. The molecule has 0 amide bonds. The van der Waals surface area contributed by atoms with Crippen molar-refractivity contribution < 1.29 is 4.74 Å². The van der Waals surface area contributed by atoms with Crippen molar-refractivity contribution in [1.82, 2.24) is 0 Å². The fourth-order valence-corrected chi connectivity index (χ4v) is 3.14. The molecule has 2 heteroatoms. The summed E-state index contributed by atoms with van der Waals surface area (Å²) in [6.45, 7) is 4.19. The first-order chi connectivity index (χ1) is 11.7. The summed E-state index contributed by atoms with van der Waals surface area (Å²) in [6.07, 6.45) is 1.94. The topological polar surface area (TPSA) is 21.6 Å². The summed E-state index contributed by atoms with van der Waals surface area (Å²) < 4.78 is 5.96.